The number of benzene rings is 2. The highest BCUT2D eigenvalue weighted by molar-refractivity contribution is 5.76. The van der Waals surface area contributed by atoms with Gasteiger partial charge < -0.3 is 24.6 Å². The summed E-state index contributed by atoms with van der Waals surface area (Å²) in [5.74, 6) is 1.66. The highest BCUT2D eigenvalue weighted by Gasteiger charge is 2.35. The first-order valence-corrected chi connectivity index (χ1v) is 10.4. The molecule has 3 heterocycles. The van der Waals surface area contributed by atoms with E-state index in [-0.39, 0.29) is 11.4 Å². The molecule has 0 aliphatic carbocycles. The van der Waals surface area contributed by atoms with Crippen LogP contribution < -0.4 is 25.1 Å². The van der Waals surface area contributed by atoms with Gasteiger partial charge in [-0.25, -0.2) is 5.10 Å². The average molecular weight is 463 g/mol. The van der Waals surface area contributed by atoms with Crippen molar-refractivity contribution in [3.63, 3.8) is 0 Å². The van der Waals surface area contributed by atoms with Crippen molar-refractivity contribution in [3.05, 3.63) is 57.9 Å². The van der Waals surface area contributed by atoms with Crippen molar-refractivity contribution in [3.8, 4) is 34.3 Å². The van der Waals surface area contributed by atoms with Crippen LogP contribution in [0.15, 0.2) is 41.2 Å². The standard InChI is InChI=1S/C22H21N7O5/c1-4-34-15-10-12(5-7-13(15)30)20-17-18(11-6-8-14(32-2)16(9-11)33-3)24-25-21(31)19(17)23-22-26-27-28-29(20)22/h5-10,20,30H,4H2,1-3H3,(H,25,31)(H,23,26,28). The van der Waals surface area contributed by atoms with Crippen LogP contribution in [0.5, 0.6) is 23.0 Å². The van der Waals surface area contributed by atoms with Gasteiger partial charge >= 0.3 is 0 Å². The van der Waals surface area contributed by atoms with E-state index < -0.39 is 11.6 Å². The van der Waals surface area contributed by atoms with Crippen molar-refractivity contribution in [1.82, 2.24) is 30.4 Å². The Morgan fingerprint density at radius 3 is 2.68 bits per heavy atom. The number of hydrogen-bond acceptors (Lipinski definition) is 10. The van der Waals surface area contributed by atoms with E-state index in [4.69, 9.17) is 14.2 Å². The van der Waals surface area contributed by atoms with Crippen molar-refractivity contribution in [2.24, 2.45) is 0 Å². The number of aromatic amines is 1. The van der Waals surface area contributed by atoms with Crippen LogP contribution in [0.25, 0.3) is 11.3 Å². The van der Waals surface area contributed by atoms with Gasteiger partial charge in [0.1, 0.15) is 11.7 Å². The fourth-order valence-electron chi connectivity index (χ4n) is 4.02. The molecule has 2 aromatic carbocycles. The fourth-order valence-corrected chi connectivity index (χ4v) is 4.02. The van der Waals surface area contributed by atoms with E-state index in [0.717, 1.165) is 0 Å². The molecule has 0 amide bonds. The molecule has 0 saturated heterocycles. The molecule has 0 spiro atoms. The Morgan fingerprint density at radius 2 is 1.91 bits per heavy atom. The highest BCUT2D eigenvalue weighted by Crippen LogP contribution is 2.43. The summed E-state index contributed by atoms with van der Waals surface area (Å²) >= 11 is 0. The largest absolute Gasteiger partial charge is 0.504 e. The maximum absolute atomic E-state index is 12.8. The molecule has 1 unspecified atom stereocenters. The molecule has 3 N–H and O–H groups in total. The lowest BCUT2D eigenvalue weighted by molar-refractivity contribution is 0.317. The van der Waals surface area contributed by atoms with Crippen LogP contribution >= 0.6 is 0 Å². The molecule has 1 aliphatic rings. The summed E-state index contributed by atoms with van der Waals surface area (Å²) in [6, 6.07) is 9.66. The summed E-state index contributed by atoms with van der Waals surface area (Å²) in [6.07, 6.45) is 0. The number of fused-ring (bicyclic) bond motifs is 2. The van der Waals surface area contributed by atoms with Crippen LogP contribution in [0.3, 0.4) is 0 Å². The number of phenolic OH excluding ortho intramolecular Hbond substituents is 1. The molecule has 0 fully saturated rings. The molecule has 2 aromatic heterocycles. The molecule has 4 aromatic rings. The van der Waals surface area contributed by atoms with Crippen LogP contribution in [-0.2, 0) is 0 Å². The number of nitrogens with one attached hydrogen (secondary N) is 2. The number of tetrazole rings is 1. The Balaban J connectivity index is 1.77. The second kappa shape index (κ2) is 8.39. The molecular weight excluding hydrogens is 442 g/mol. The van der Waals surface area contributed by atoms with Crippen LogP contribution in [0.2, 0.25) is 0 Å². The molecule has 34 heavy (non-hydrogen) atoms. The van der Waals surface area contributed by atoms with Gasteiger partial charge in [0.15, 0.2) is 23.0 Å². The minimum atomic E-state index is -0.640. The van der Waals surface area contributed by atoms with E-state index in [1.54, 1.807) is 43.2 Å². The number of phenols is 1. The Kier molecular flexibility index (Phi) is 5.24. The van der Waals surface area contributed by atoms with E-state index in [9.17, 15) is 9.90 Å². The van der Waals surface area contributed by atoms with E-state index >= 15 is 0 Å². The summed E-state index contributed by atoms with van der Waals surface area (Å²) in [4.78, 5) is 12.8. The zero-order valence-corrected chi connectivity index (χ0v) is 18.6. The first-order chi connectivity index (χ1) is 16.5. The number of hydrogen-bond donors (Lipinski definition) is 3. The molecule has 1 atom stereocenters. The predicted molar refractivity (Wildman–Crippen MR) is 121 cm³/mol. The summed E-state index contributed by atoms with van der Waals surface area (Å²) < 4.78 is 17.9. The Morgan fingerprint density at radius 1 is 1.09 bits per heavy atom. The SMILES string of the molecule is CCOc1cc(C2c3c(-c4ccc(OC)c(OC)c4)n[nH]c(=O)c3Nc3nnnn32)ccc1O. The highest BCUT2D eigenvalue weighted by atomic mass is 16.5. The minimum Gasteiger partial charge on any atom is -0.504 e. The molecule has 0 radical (unpaired) electrons. The fraction of sp³-hybridized carbons (Fsp3) is 0.227. The predicted octanol–water partition coefficient (Wildman–Crippen LogP) is 2.24. The third-order valence-corrected chi connectivity index (χ3v) is 5.52. The number of aromatic nitrogens is 6. The molecular formula is C22H21N7O5. The molecule has 12 heteroatoms. The van der Waals surface area contributed by atoms with E-state index in [2.05, 4.69) is 31.0 Å². The number of anilines is 2. The van der Waals surface area contributed by atoms with E-state index in [1.165, 1.54) is 6.07 Å². The quantitative estimate of drug-likeness (QED) is 0.342. The van der Waals surface area contributed by atoms with Gasteiger partial charge in [0, 0.05) is 11.1 Å². The monoisotopic (exact) mass is 463 g/mol. The van der Waals surface area contributed by atoms with Crippen LogP contribution in [0.4, 0.5) is 11.6 Å². The Labute approximate surface area is 193 Å². The lowest BCUT2D eigenvalue weighted by Crippen LogP contribution is -2.29. The van der Waals surface area contributed by atoms with Gasteiger partial charge in [-0.2, -0.15) is 9.78 Å². The van der Waals surface area contributed by atoms with Gasteiger partial charge in [-0.1, -0.05) is 11.2 Å². The van der Waals surface area contributed by atoms with Gasteiger partial charge in [-0.3, -0.25) is 4.79 Å². The van der Waals surface area contributed by atoms with Crippen molar-refractivity contribution in [1.29, 1.82) is 0 Å². The van der Waals surface area contributed by atoms with E-state index in [0.29, 0.717) is 52.2 Å². The number of methoxy groups -OCH3 is 2. The smallest absolute Gasteiger partial charge is 0.288 e. The molecule has 174 valence electrons. The van der Waals surface area contributed by atoms with Crippen molar-refractivity contribution in [2.75, 3.05) is 26.1 Å². The lowest BCUT2D eigenvalue weighted by Gasteiger charge is -2.28. The first kappa shape index (κ1) is 21.2. The summed E-state index contributed by atoms with van der Waals surface area (Å²) in [6.45, 7) is 2.19. The topological polar surface area (TPSA) is 149 Å². The maximum Gasteiger partial charge on any atom is 0.288 e. The number of aromatic hydroxyl groups is 1. The second-order valence-electron chi connectivity index (χ2n) is 7.39. The zero-order valence-electron chi connectivity index (χ0n) is 18.6. The van der Waals surface area contributed by atoms with Gasteiger partial charge in [0.05, 0.1) is 26.5 Å². The molecule has 1 aliphatic heterocycles. The Hall–Kier alpha value is -4.61. The third kappa shape index (κ3) is 3.36. The average Bonchev–Trinajstić information content (AvgIpc) is 3.33. The summed E-state index contributed by atoms with van der Waals surface area (Å²) in [5.41, 5.74) is 2.23. The van der Waals surface area contributed by atoms with Crippen molar-refractivity contribution < 1.29 is 19.3 Å². The van der Waals surface area contributed by atoms with Gasteiger partial charge in [-0.05, 0) is 53.2 Å². The third-order valence-electron chi connectivity index (χ3n) is 5.52. The lowest BCUT2D eigenvalue weighted by atomic mass is 9.92. The molecule has 12 nitrogen and oxygen atoms in total. The maximum atomic E-state index is 12.8. The second-order valence-corrected chi connectivity index (χ2v) is 7.39. The zero-order chi connectivity index (χ0) is 23.8. The Bertz CT molecular complexity index is 1430. The molecule has 0 saturated carbocycles. The van der Waals surface area contributed by atoms with E-state index in [1.807, 2.05) is 13.0 Å². The molecule has 5 rings (SSSR count). The van der Waals surface area contributed by atoms with Gasteiger partial charge in [-0.15, -0.1) is 0 Å². The van der Waals surface area contributed by atoms with Crippen molar-refractivity contribution in [2.45, 2.75) is 13.0 Å². The van der Waals surface area contributed by atoms with Crippen molar-refractivity contribution >= 4 is 11.6 Å². The van der Waals surface area contributed by atoms with Crippen LogP contribution in [0.1, 0.15) is 24.1 Å². The van der Waals surface area contributed by atoms with Crippen LogP contribution in [0, 0.1) is 0 Å². The first-order valence-electron chi connectivity index (χ1n) is 10.4. The summed E-state index contributed by atoms with van der Waals surface area (Å²) in [7, 11) is 3.10. The molecule has 0 bridgehead atoms. The number of nitrogens with zero attached hydrogens (tertiary/aromatic N) is 5. The van der Waals surface area contributed by atoms with Gasteiger partial charge in [0.25, 0.3) is 5.56 Å². The minimum absolute atomic E-state index is 0.000782. The normalized spacial score (nSPS) is 14.0. The number of rotatable bonds is 6. The number of H-pyrrole nitrogens is 1. The number of ether oxygens (including phenoxy) is 3. The summed E-state index contributed by atoms with van der Waals surface area (Å²) in [5, 5.41) is 32.1. The van der Waals surface area contributed by atoms with Gasteiger partial charge in [0.2, 0.25) is 5.95 Å². The van der Waals surface area contributed by atoms with Crippen LogP contribution in [-0.4, -0.2) is 56.3 Å².